The molecule has 10 rings (SSSR count). The number of pyridine rings is 2. The fourth-order valence-electron chi connectivity index (χ4n) is 8.70. The molecule has 0 fully saturated rings. The molecule has 2 heteroatoms. The molecule has 2 atom stereocenters. The summed E-state index contributed by atoms with van der Waals surface area (Å²) in [7, 11) is 0. The van der Waals surface area contributed by atoms with Crippen LogP contribution in [0.2, 0.25) is 0 Å². The van der Waals surface area contributed by atoms with Gasteiger partial charge >= 0.3 is 0 Å². The van der Waals surface area contributed by atoms with Crippen LogP contribution in [0, 0.1) is 0 Å². The van der Waals surface area contributed by atoms with Gasteiger partial charge in [0.25, 0.3) is 0 Å². The molecule has 2 aromatic heterocycles. The topological polar surface area (TPSA) is 25.8 Å². The first-order valence-corrected chi connectivity index (χ1v) is 19.6. The lowest BCUT2D eigenvalue weighted by molar-refractivity contribution is 0.814. The first-order valence-electron chi connectivity index (χ1n) is 19.6. The van der Waals surface area contributed by atoms with E-state index >= 15 is 0 Å². The predicted octanol–water partition coefficient (Wildman–Crippen LogP) is 13.8. The maximum atomic E-state index is 4.70. The first kappa shape index (κ1) is 33.7. The van der Waals surface area contributed by atoms with Crippen molar-refractivity contribution in [3.05, 3.63) is 228 Å². The van der Waals surface area contributed by atoms with Crippen LogP contribution in [0.15, 0.2) is 200 Å². The van der Waals surface area contributed by atoms with E-state index in [2.05, 4.69) is 181 Å². The molecule has 2 unspecified atom stereocenters. The Labute approximate surface area is 328 Å². The van der Waals surface area contributed by atoms with E-state index in [-0.39, 0.29) is 11.8 Å². The first-order chi connectivity index (χ1) is 27.8. The molecular formula is C54H40N2. The van der Waals surface area contributed by atoms with Gasteiger partial charge in [0.1, 0.15) is 0 Å². The van der Waals surface area contributed by atoms with Crippen molar-refractivity contribution in [1.29, 1.82) is 0 Å². The van der Waals surface area contributed by atoms with E-state index in [1.54, 1.807) is 0 Å². The fourth-order valence-corrected chi connectivity index (χ4v) is 8.70. The third-order valence-corrected chi connectivity index (χ3v) is 11.5. The number of hydrogen-bond donors (Lipinski definition) is 0. The van der Waals surface area contributed by atoms with Crippen LogP contribution in [0.3, 0.4) is 0 Å². The van der Waals surface area contributed by atoms with Crippen LogP contribution in [0.25, 0.3) is 67.1 Å². The molecule has 0 amide bonds. The Balaban J connectivity index is 1.14. The van der Waals surface area contributed by atoms with E-state index in [0.29, 0.717) is 0 Å². The lowest BCUT2D eigenvalue weighted by Gasteiger charge is -2.29. The molecule has 56 heavy (non-hydrogen) atoms. The zero-order chi connectivity index (χ0) is 37.3. The molecule has 0 saturated heterocycles. The van der Waals surface area contributed by atoms with Gasteiger partial charge in [-0.3, -0.25) is 9.97 Å². The van der Waals surface area contributed by atoms with Gasteiger partial charge in [0.05, 0.1) is 5.69 Å². The SMILES string of the molecule is C1=CC(c2ccccn2)CC=C1c1c2c(c(-c3ccc(-c4ccccn4)cc3)c3ccccc13)C=CC(c1cc(-c3ccccc3)cc(-c3ccccc3)c1)C2. The number of hydrogen-bond acceptors (Lipinski definition) is 2. The highest BCUT2D eigenvalue weighted by molar-refractivity contribution is 6.09. The molecule has 0 N–H and O–H groups in total. The van der Waals surface area contributed by atoms with Crippen molar-refractivity contribution in [1.82, 2.24) is 9.97 Å². The van der Waals surface area contributed by atoms with E-state index in [1.807, 2.05) is 30.6 Å². The van der Waals surface area contributed by atoms with Crippen molar-refractivity contribution >= 4 is 22.4 Å². The standard InChI is InChI=1S/C54H40N2/c1-3-13-37(14-4-1)44-33-45(38-15-5-2-6-16-38)35-46(34-44)43-29-30-49-50(36-43)54(42-27-23-40(24-28-42)52-20-10-12-32-56-52)48-18-8-7-17-47(48)53(49)41-25-21-39(22-26-41)51-19-9-11-31-55-51/h1-23,25-35,40,43H,24,36H2. The van der Waals surface area contributed by atoms with Gasteiger partial charge in [-0.05, 0) is 115 Å². The second-order valence-corrected chi connectivity index (χ2v) is 14.8. The van der Waals surface area contributed by atoms with Crippen LogP contribution in [0.1, 0.15) is 46.2 Å². The summed E-state index contributed by atoms with van der Waals surface area (Å²) in [5, 5.41) is 2.56. The number of rotatable bonds is 7. The minimum atomic E-state index is 0.197. The average Bonchev–Trinajstić information content (AvgIpc) is 3.29. The summed E-state index contributed by atoms with van der Waals surface area (Å²) in [5.41, 5.74) is 17.3. The average molecular weight is 717 g/mol. The van der Waals surface area contributed by atoms with Crippen molar-refractivity contribution in [3.8, 4) is 44.6 Å². The van der Waals surface area contributed by atoms with E-state index in [9.17, 15) is 0 Å². The van der Waals surface area contributed by atoms with Crippen LogP contribution in [0.5, 0.6) is 0 Å². The van der Waals surface area contributed by atoms with E-state index in [0.717, 1.165) is 29.8 Å². The van der Waals surface area contributed by atoms with Crippen LogP contribution in [0.4, 0.5) is 0 Å². The maximum Gasteiger partial charge on any atom is 0.0701 e. The van der Waals surface area contributed by atoms with E-state index < -0.39 is 0 Å². The van der Waals surface area contributed by atoms with Crippen molar-refractivity contribution in [3.63, 3.8) is 0 Å². The summed E-state index contributed by atoms with van der Waals surface area (Å²) >= 11 is 0. The van der Waals surface area contributed by atoms with Crippen molar-refractivity contribution in [2.24, 2.45) is 0 Å². The number of nitrogens with zero attached hydrogens (tertiary/aromatic N) is 2. The Morgan fingerprint density at radius 1 is 0.446 bits per heavy atom. The molecule has 8 aromatic rings. The minimum absolute atomic E-state index is 0.197. The molecule has 0 aliphatic heterocycles. The lowest BCUT2D eigenvalue weighted by atomic mass is 9.75. The highest BCUT2D eigenvalue weighted by Crippen LogP contribution is 2.47. The molecule has 266 valence electrons. The summed E-state index contributed by atoms with van der Waals surface area (Å²) < 4.78 is 0. The Morgan fingerprint density at radius 3 is 1.68 bits per heavy atom. The molecule has 6 aromatic carbocycles. The van der Waals surface area contributed by atoms with Gasteiger partial charge in [-0.25, -0.2) is 0 Å². The van der Waals surface area contributed by atoms with Gasteiger partial charge in [0.2, 0.25) is 0 Å². The van der Waals surface area contributed by atoms with Gasteiger partial charge in [-0.15, -0.1) is 0 Å². The Morgan fingerprint density at radius 2 is 1.05 bits per heavy atom. The third kappa shape index (κ3) is 6.40. The molecule has 2 aliphatic rings. The highest BCUT2D eigenvalue weighted by atomic mass is 14.7. The smallest absolute Gasteiger partial charge is 0.0701 e. The normalized spacial score (nSPS) is 16.0. The maximum absolute atomic E-state index is 4.70. The van der Waals surface area contributed by atoms with Crippen LogP contribution in [-0.4, -0.2) is 9.97 Å². The quantitative estimate of drug-likeness (QED) is 0.164. The molecule has 0 bridgehead atoms. The summed E-state index contributed by atoms with van der Waals surface area (Å²) in [6.07, 6.45) is 17.6. The Bertz CT molecular complexity index is 2710. The van der Waals surface area contributed by atoms with Gasteiger partial charge in [-0.1, -0.05) is 164 Å². The van der Waals surface area contributed by atoms with Crippen LogP contribution in [-0.2, 0) is 6.42 Å². The third-order valence-electron chi connectivity index (χ3n) is 11.5. The fraction of sp³-hybridized carbons (Fsp3) is 0.0741. The Hall–Kier alpha value is -6.90. The second kappa shape index (κ2) is 14.7. The molecule has 2 aliphatic carbocycles. The zero-order valence-electron chi connectivity index (χ0n) is 31.1. The van der Waals surface area contributed by atoms with Gasteiger partial charge in [0, 0.05) is 35.5 Å². The van der Waals surface area contributed by atoms with Crippen molar-refractivity contribution in [2.45, 2.75) is 24.7 Å². The largest absolute Gasteiger partial charge is 0.261 e. The van der Waals surface area contributed by atoms with Crippen molar-refractivity contribution < 1.29 is 0 Å². The number of allylic oxidation sites excluding steroid dienone is 5. The van der Waals surface area contributed by atoms with Gasteiger partial charge in [0.15, 0.2) is 0 Å². The minimum Gasteiger partial charge on any atom is -0.261 e. The van der Waals surface area contributed by atoms with Crippen molar-refractivity contribution in [2.75, 3.05) is 0 Å². The van der Waals surface area contributed by atoms with E-state index in [4.69, 9.17) is 4.98 Å². The molecule has 0 spiro atoms. The molecule has 0 radical (unpaired) electrons. The molecular weight excluding hydrogens is 677 g/mol. The predicted molar refractivity (Wildman–Crippen MR) is 234 cm³/mol. The second-order valence-electron chi connectivity index (χ2n) is 14.8. The number of fused-ring (bicyclic) bond motifs is 2. The van der Waals surface area contributed by atoms with Gasteiger partial charge in [-0.2, -0.15) is 0 Å². The molecule has 2 heterocycles. The highest BCUT2D eigenvalue weighted by Gasteiger charge is 2.27. The molecule has 0 saturated carbocycles. The lowest BCUT2D eigenvalue weighted by Crippen LogP contribution is -2.12. The molecule has 2 nitrogen and oxygen atoms in total. The summed E-state index contributed by atoms with van der Waals surface area (Å²) in [6, 6.07) is 59.1. The van der Waals surface area contributed by atoms with E-state index in [1.165, 1.54) is 72.0 Å². The number of benzene rings is 6. The Kier molecular flexibility index (Phi) is 8.85. The summed E-state index contributed by atoms with van der Waals surface area (Å²) in [5.74, 6) is 0.464. The zero-order valence-corrected chi connectivity index (χ0v) is 31.1. The number of aromatic nitrogens is 2. The van der Waals surface area contributed by atoms with Crippen LogP contribution >= 0.6 is 0 Å². The van der Waals surface area contributed by atoms with Gasteiger partial charge < -0.3 is 0 Å². The van der Waals surface area contributed by atoms with Crippen LogP contribution < -0.4 is 0 Å². The monoisotopic (exact) mass is 716 g/mol. The summed E-state index contributed by atoms with van der Waals surface area (Å²) in [6.45, 7) is 0. The summed E-state index contributed by atoms with van der Waals surface area (Å²) in [4.78, 5) is 9.32.